The van der Waals surface area contributed by atoms with Crippen LogP contribution in [-0.4, -0.2) is 11.1 Å². The van der Waals surface area contributed by atoms with Crippen molar-refractivity contribution in [2.45, 2.75) is 28.5 Å². The maximum atomic E-state index is 11.1. The molecule has 0 atom stereocenters. The molecule has 0 aliphatic heterocycles. The number of aromatic carboxylic acids is 1. The van der Waals surface area contributed by atoms with Gasteiger partial charge in [-0.2, -0.15) is 0 Å². The van der Waals surface area contributed by atoms with Crippen molar-refractivity contribution in [3.63, 3.8) is 0 Å². The fourth-order valence-corrected chi connectivity index (χ4v) is 4.53. The summed E-state index contributed by atoms with van der Waals surface area (Å²) < 4.78 is 0. The molecule has 3 aromatic rings. The zero-order valence-corrected chi connectivity index (χ0v) is 14.5. The van der Waals surface area contributed by atoms with E-state index in [0.717, 1.165) is 4.90 Å². The van der Waals surface area contributed by atoms with E-state index in [4.69, 9.17) is 5.11 Å². The average Bonchev–Trinajstić information content (AvgIpc) is 2.59. The fourth-order valence-electron chi connectivity index (χ4n) is 2.49. The van der Waals surface area contributed by atoms with Crippen LogP contribution in [0.1, 0.15) is 21.5 Å². The maximum absolute atomic E-state index is 11.1. The highest BCUT2D eigenvalue weighted by Crippen LogP contribution is 2.31. The standard InChI is InChI=1S/C21H18O2S/c1-15-3-9-18(10-4-15)24(19-11-5-16(2)6-12-19)20-13-7-17(8-14-20)21(22)23/h3-14H,1-2H3/p+1. The van der Waals surface area contributed by atoms with Crippen LogP contribution in [0.25, 0.3) is 0 Å². The first kappa shape index (κ1) is 16.3. The van der Waals surface area contributed by atoms with Crippen molar-refractivity contribution in [2.75, 3.05) is 0 Å². The molecule has 0 bridgehead atoms. The molecule has 0 spiro atoms. The van der Waals surface area contributed by atoms with E-state index >= 15 is 0 Å². The van der Waals surface area contributed by atoms with Gasteiger partial charge in [-0.25, -0.2) is 4.79 Å². The van der Waals surface area contributed by atoms with E-state index in [1.54, 1.807) is 12.1 Å². The van der Waals surface area contributed by atoms with Crippen LogP contribution >= 0.6 is 0 Å². The lowest BCUT2D eigenvalue weighted by atomic mass is 10.2. The van der Waals surface area contributed by atoms with Crippen LogP contribution in [0, 0.1) is 13.8 Å². The van der Waals surface area contributed by atoms with E-state index in [-0.39, 0.29) is 10.9 Å². The van der Waals surface area contributed by atoms with Crippen molar-refractivity contribution in [2.24, 2.45) is 0 Å². The molecule has 0 radical (unpaired) electrons. The molecule has 120 valence electrons. The lowest BCUT2D eigenvalue weighted by molar-refractivity contribution is 0.0697. The smallest absolute Gasteiger partial charge is 0.335 e. The number of benzene rings is 3. The summed E-state index contributed by atoms with van der Waals surface area (Å²) in [6.07, 6.45) is 0. The normalized spacial score (nSPS) is 10.8. The van der Waals surface area contributed by atoms with Gasteiger partial charge in [-0.15, -0.1) is 0 Å². The molecule has 24 heavy (non-hydrogen) atoms. The number of carbonyl (C=O) groups is 1. The number of carboxylic acid groups (broad SMARTS) is 1. The second-order valence-corrected chi connectivity index (χ2v) is 7.79. The Bertz CT molecular complexity index is 789. The number of carboxylic acids is 1. The Morgan fingerprint density at radius 3 is 1.33 bits per heavy atom. The molecular formula is C21H19O2S+. The summed E-state index contributed by atoms with van der Waals surface area (Å²) in [7, 11) is -0.246. The number of hydrogen-bond acceptors (Lipinski definition) is 1. The van der Waals surface area contributed by atoms with Gasteiger partial charge in [-0.3, -0.25) is 0 Å². The van der Waals surface area contributed by atoms with Crippen LogP contribution in [0.4, 0.5) is 0 Å². The molecule has 0 fully saturated rings. The molecule has 3 rings (SSSR count). The summed E-state index contributed by atoms with van der Waals surface area (Å²) in [6.45, 7) is 4.16. The van der Waals surface area contributed by atoms with E-state index < -0.39 is 5.97 Å². The van der Waals surface area contributed by atoms with Gasteiger partial charge in [0.1, 0.15) is 0 Å². The van der Waals surface area contributed by atoms with E-state index in [9.17, 15) is 4.79 Å². The minimum Gasteiger partial charge on any atom is -0.478 e. The Kier molecular flexibility index (Phi) is 4.72. The highest BCUT2D eigenvalue weighted by atomic mass is 32.2. The van der Waals surface area contributed by atoms with E-state index in [1.807, 2.05) is 12.1 Å². The predicted octanol–water partition coefficient (Wildman–Crippen LogP) is 5.10. The molecule has 0 aliphatic rings. The summed E-state index contributed by atoms with van der Waals surface area (Å²) in [5, 5.41) is 9.11. The topological polar surface area (TPSA) is 37.3 Å². The first-order valence-corrected chi connectivity index (χ1v) is 8.98. The van der Waals surface area contributed by atoms with Crippen molar-refractivity contribution in [3.8, 4) is 0 Å². The largest absolute Gasteiger partial charge is 0.478 e. The minimum absolute atomic E-state index is 0.246. The molecule has 2 nitrogen and oxygen atoms in total. The first-order chi connectivity index (χ1) is 11.5. The second kappa shape index (κ2) is 6.93. The van der Waals surface area contributed by atoms with Crippen molar-refractivity contribution < 1.29 is 9.90 Å². The summed E-state index contributed by atoms with van der Waals surface area (Å²) in [5.41, 5.74) is 2.77. The van der Waals surface area contributed by atoms with Crippen molar-refractivity contribution in [1.82, 2.24) is 0 Å². The second-order valence-electron chi connectivity index (χ2n) is 5.76. The summed E-state index contributed by atoms with van der Waals surface area (Å²) in [5.74, 6) is -0.896. The maximum Gasteiger partial charge on any atom is 0.335 e. The Hall–Kier alpha value is -2.52. The number of hydrogen-bond donors (Lipinski definition) is 1. The molecule has 1 N–H and O–H groups in total. The van der Waals surface area contributed by atoms with Crippen LogP contribution in [0.3, 0.4) is 0 Å². The first-order valence-electron chi connectivity index (χ1n) is 7.75. The SMILES string of the molecule is Cc1ccc([S+](c2ccc(C)cc2)c2ccc(C(=O)O)cc2)cc1. The van der Waals surface area contributed by atoms with Crippen LogP contribution in [0.15, 0.2) is 87.5 Å². The Morgan fingerprint density at radius 1 is 0.667 bits per heavy atom. The van der Waals surface area contributed by atoms with Crippen molar-refractivity contribution in [3.05, 3.63) is 89.5 Å². The van der Waals surface area contributed by atoms with Gasteiger partial charge in [-0.05, 0) is 62.4 Å². The van der Waals surface area contributed by atoms with Gasteiger partial charge in [0, 0.05) is 0 Å². The molecule has 0 saturated heterocycles. The quantitative estimate of drug-likeness (QED) is 0.674. The molecule has 0 heterocycles. The Balaban J connectivity index is 2.08. The van der Waals surface area contributed by atoms with Gasteiger partial charge < -0.3 is 5.11 Å². The zero-order valence-electron chi connectivity index (χ0n) is 13.7. The third kappa shape index (κ3) is 3.52. The summed E-state index contributed by atoms with van der Waals surface area (Å²) >= 11 is 0. The van der Waals surface area contributed by atoms with Crippen LogP contribution < -0.4 is 0 Å². The van der Waals surface area contributed by atoms with Crippen LogP contribution in [0.2, 0.25) is 0 Å². The van der Waals surface area contributed by atoms with Gasteiger partial charge in [0.25, 0.3) is 0 Å². The molecule has 0 amide bonds. The monoisotopic (exact) mass is 335 g/mol. The third-order valence-electron chi connectivity index (χ3n) is 3.85. The lowest BCUT2D eigenvalue weighted by Gasteiger charge is -2.09. The third-order valence-corrected chi connectivity index (χ3v) is 6.08. The molecule has 0 aliphatic carbocycles. The van der Waals surface area contributed by atoms with E-state index in [2.05, 4.69) is 62.4 Å². The van der Waals surface area contributed by atoms with Gasteiger partial charge in [0.05, 0.1) is 16.5 Å². The number of rotatable bonds is 4. The molecule has 0 aromatic heterocycles. The van der Waals surface area contributed by atoms with Crippen molar-refractivity contribution in [1.29, 1.82) is 0 Å². The van der Waals surface area contributed by atoms with Gasteiger partial charge in [0.15, 0.2) is 14.7 Å². The highest BCUT2D eigenvalue weighted by molar-refractivity contribution is 7.97. The average molecular weight is 335 g/mol. The highest BCUT2D eigenvalue weighted by Gasteiger charge is 2.28. The molecular weight excluding hydrogens is 316 g/mol. The van der Waals surface area contributed by atoms with E-state index in [1.165, 1.54) is 20.9 Å². The Labute approximate surface area is 145 Å². The molecule has 3 aromatic carbocycles. The van der Waals surface area contributed by atoms with Gasteiger partial charge in [0.2, 0.25) is 0 Å². The van der Waals surface area contributed by atoms with Crippen LogP contribution in [0.5, 0.6) is 0 Å². The summed E-state index contributed by atoms with van der Waals surface area (Å²) in [6, 6.07) is 24.3. The summed E-state index contributed by atoms with van der Waals surface area (Å²) in [4.78, 5) is 14.7. The molecule has 0 unspecified atom stereocenters. The van der Waals surface area contributed by atoms with Gasteiger partial charge in [-0.1, -0.05) is 35.4 Å². The molecule has 0 saturated carbocycles. The number of aryl methyl sites for hydroxylation is 2. The predicted molar refractivity (Wildman–Crippen MR) is 97.9 cm³/mol. The van der Waals surface area contributed by atoms with Crippen LogP contribution in [-0.2, 0) is 10.9 Å². The van der Waals surface area contributed by atoms with E-state index in [0.29, 0.717) is 5.56 Å². The van der Waals surface area contributed by atoms with Gasteiger partial charge >= 0.3 is 5.97 Å². The molecule has 3 heteroatoms. The zero-order chi connectivity index (χ0) is 17.1. The Morgan fingerprint density at radius 2 is 1.00 bits per heavy atom. The lowest BCUT2D eigenvalue weighted by Crippen LogP contribution is -2.06. The fraction of sp³-hybridized carbons (Fsp3) is 0.0952. The van der Waals surface area contributed by atoms with Crippen molar-refractivity contribution >= 4 is 16.9 Å². The minimum atomic E-state index is -0.896.